The van der Waals surface area contributed by atoms with Gasteiger partial charge in [-0.1, -0.05) is 32.4 Å². The molecule has 0 spiro atoms. The SMILES string of the molecule is COC(=O)CCC=CCCCC(C)C. The van der Waals surface area contributed by atoms with E-state index in [0.29, 0.717) is 6.42 Å². The summed E-state index contributed by atoms with van der Waals surface area (Å²) >= 11 is 0. The summed E-state index contributed by atoms with van der Waals surface area (Å²) in [5.74, 6) is 0.662. The first kappa shape index (κ1) is 13.2. The topological polar surface area (TPSA) is 26.3 Å². The van der Waals surface area contributed by atoms with Crippen LogP contribution in [0.2, 0.25) is 0 Å². The van der Waals surface area contributed by atoms with Gasteiger partial charge in [0.2, 0.25) is 0 Å². The Morgan fingerprint density at radius 1 is 1.29 bits per heavy atom. The van der Waals surface area contributed by atoms with Crippen LogP contribution in [0, 0.1) is 5.92 Å². The largest absolute Gasteiger partial charge is 0.469 e. The summed E-state index contributed by atoms with van der Waals surface area (Å²) in [6.07, 6.45) is 9.17. The van der Waals surface area contributed by atoms with E-state index in [0.717, 1.165) is 18.8 Å². The number of unbranched alkanes of at least 4 members (excludes halogenated alkanes) is 1. The Morgan fingerprint density at radius 3 is 2.50 bits per heavy atom. The number of hydrogen-bond acceptors (Lipinski definition) is 2. The zero-order valence-electron chi connectivity index (χ0n) is 9.58. The fourth-order valence-corrected chi connectivity index (χ4v) is 1.18. The van der Waals surface area contributed by atoms with Crippen molar-refractivity contribution >= 4 is 5.97 Å². The zero-order chi connectivity index (χ0) is 10.8. The van der Waals surface area contributed by atoms with Crippen LogP contribution in [0.15, 0.2) is 12.2 Å². The molecule has 0 aliphatic rings. The lowest BCUT2D eigenvalue weighted by Gasteiger charge is -2.00. The molecule has 0 aromatic rings. The van der Waals surface area contributed by atoms with Gasteiger partial charge in [-0.3, -0.25) is 4.79 Å². The van der Waals surface area contributed by atoms with E-state index < -0.39 is 0 Å². The molecule has 2 heteroatoms. The summed E-state index contributed by atoms with van der Waals surface area (Å²) in [6, 6.07) is 0. The third-order valence-electron chi connectivity index (χ3n) is 2.06. The van der Waals surface area contributed by atoms with E-state index in [2.05, 4.69) is 30.7 Å². The highest BCUT2D eigenvalue weighted by atomic mass is 16.5. The molecule has 0 atom stereocenters. The van der Waals surface area contributed by atoms with Crippen LogP contribution in [-0.2, 0) is 9.53 Å². The average molecular weight is 198 g/mol. The Kier molecular flexibility index (Phi) is 8.30. The third-order valence-corrected chi connectivity index (χ3v) is 2.06. The van der Waals surface area contributed by atoms with Crippen LogP contribution in [0.4, 0.5) is 0 Å². The van der Waals surface area contributed by atoms with Gasteiger partial charge in [-0.25, -0.2) is 0 Å². The highest BCUT2D eigenvalue weighted by molar-refractivity contribution is 5.69. The van der Waals surface area contributed by atoms with Gasteiger partial charge in [-0.2, -0.15) is 0 Å². The van der Waals surface area contributed by atoms with E-state index in [1.807, 2.05) is 0 Å². The van der Waals surface area contributed by atoms with Crippen LogP contribution >= 0.6 is 0 Å². The number of hydrogen-bond donors (Lipinski definition) is 0. The van der Waals surface area contributed by atoms with Crippen molar-refractivity contribution in [2.24, 2.45) is 5.92 Å². The number of carbonyl (C=O) groups excluding carboxylic acids is 1. The molecule has 0 aromatic heterocycles. The predicted octanol–water partition coefficient (Wildman–Crippen LogP) is 3.32. The van der Waals surface area contributed by atoms with E-state index in [-0.39, 0.29) is 5.97 Å². The highest BCUT2D eigenvalue weighted by Gasteiger charge is 1.95. The molecule has 0 amide bonds. The summed E-state index contributed by atoms with van der Waals surface area (Å²) in [4.78, 5) is 10.7. The Labute approximate surface area is 87.3 Å². The van der Waals surface area contributed by atoms with Crippen LogP contribution in [0.3, 0.4) is 0 Å². The molecular weight excluding hydrogens is 176 g/mol. The molecule has 0 aliphatic carbocycles. The lowest BCUT2D eigenvalue weighted by atomic mass is 10.1. The minimum Gasteiger partial charge on any atom is -0.469 e. The van der Waals surface area contributed by atoms with Gasteiger partial charge in [-0.05, 0) is 25.2 Å². The van der Waals surface area contributed by atoms with Gasteiger partial charge in [-0.15, -0.1) is 0 Å². The quantitative estimate of drug-likeness (QED) is 0.356. The van der Waals surface area contributed by atoms with Crippen molar-refractivity contribution in [1.82, 2.24) is 0 Å². The van der Waals surface area contributed by atoms with Gasteiger partial charge in [0.25, 0.3) is 0 Å². The van der Waals surface area contributed by atoms with E-state index in [4.69, 9.17) is 0 Å². The van der Waals surface area contributed by atoms with Crippen molar-refractivity contribution < 1.29 is 9.53 Å². The van der Waals surface area contributed by atoms with Crippen molar-refractivity contribution in [3.8, 4) is 0 Å². The molecule has 0 saturated carbocycles. The number of rotatable bonds is 7. The maximum absolute atomic E-state index is 10.7. The number of methoxy groups -OCH3 is 1. The second-order valence-corrected chi connectivity index (χ2v) is 3.91. The van der Waals surface area contributed by atoms with Gasteiger partial charge < -0.3 is 4.74 Å². The number of carbonyl (C=O) groups is 1. The first-order valence-corrected chi connectivity index (χ1v) is 5.38. The number of ether oxygens (including phenoxy) is 1. The maximum Gasteiger partial charge on any atom is 0.305 e. The third kappa shape index (κ3) is 9.30. The first-order valence-electron chi connectivity index (χ1n) is 5.38. The van der Waals surface area contributed by atoms with E-state index in [1.165, 1.54) is 20.0 Å². The molecule has 0 bridgehead atoms. The molecular formula is C12H22O2. The molecule has 0 unspecified atom stereocenters. The summed E-state index contributed by atoms with van der Waals surface area (Å²) in [5.41, 5.74) is 0. The summed E-state index contributed by atoms with van der Waals surface area (Å²) < 4.78 is 4.54. The number of esters is 1. The zero-order valence-corrected chi connectivity index (χ0v) is 9.58. The Bertz CT molecular complexity index is 171. The van der Waals surface area contributed by atoms with Crippen molar-refractivity contribution in [3.05, 3.63) is 12.2 Å². The van der Waals surface area contributed by atoms with Crippen LogP contribution in [0.5, 0.6) is 0 Å². The Hall–Kier alpha value is -0.790. The molecule has 0 rings (SSSR count). The lowest BCUT2D eigenvalue weighted by molar-refractivity contribution is -0.140. The van der Waals surface area contributed by atoms with Gasteiger partial charge in [0.05, 0.1) is 7.11 Å². The van der Waals surface area contributed by atoms with Crippen molar-refractivity contribution in [3.63, 3.8) is 0 Å². The molecule has 0 aromatic carbocycles. The first-order chi connectivity index (χ1) is 6.66. The van der Waals surface area contributed by atoms with E-state index in [9.17, 15) is 4.79 Å². The number of allylic oxidation sites excluding steroid dienone is 2. The van der Waals surface area contributed by atoms with Crippen molar-refractivity contribution in [2.75, 3.05) is 7.11 Å². The van der Waals surface area contributed by atoms with Gasteiger partial charge in [0, 0.05) is 6.42 Å². The van der Waals surface area contributed by atoms with Crippen LogP contribution in [-0.4, -0.2) is 13.1 Å². The molecule has 0 radical (unpaired) electrons. The fourth-order valence-electron chi connectivity index (χ4n) is 1.18. The van der Waals surface area contributed by atoms with Gasteiger partial charge in [0.15, 0.2) is 0 Å². The Morgan fingerprint density at radius 2 is 1.93 bits per heavy atom. The molecule has 0 N–H and O–H groups in total. The van der Waals surface area contributed by atoms with Gasteiger partial charge in [0.1, 0.15) is 0 Å². The van der Waals surface area contributed by atoms with Crippen molar-refractivity contribution in [1.29, 1.82) is 0 Å². The van der Waals surface area contributed by atoms with Gasteiger partial charge >= 0.3 is 5.97 Å². The smallest absolute Gasteiger partial charge is 0.305 e. The molecule has 0 saturated heterocycles. The minimum atomic E-state index is -0.128. The normalized spacial score (nSPS) is 11.1. The average Bonchev–Trinajstić information content (AvgIpc) is 2.15. The summed E-state index contributed by atoms with van der Waals surface area (Å²) in [6.45, 7) is 4.47. The summed E-state index contributed by atoms with van der Waals surface area (Å²) in [5, 5.41) is 0. The van der Waals surface area contributed by atoms with Crippen LogP contribution in [0.25, 0.3) is 0 Å². The lowest BCUT2D eigenvalue weighted by Crippen LogP contribution is -1.97. The maximum atomic E-state index is 10.7. The predicted molar refractivity (Wildman–Crippen MR) is 59.1 cm³/mol. The van der Waals surface area contributed by atoms with Crippen molar-refractivity contribution in [2.45, 2.75) is 46.0 Å². The summed E-state index contributed by atoms with van der Waals surface area (Å²) in [7, 11) is 1.43. The minimum absolute atomic E-state index is 0.128. The highest BCUT2D eigenvalue weighted by Crippen LogP contribution is 2.06. The monoisotopic (exact) mass is 198 g/mol. The molecule has 2 nitrogen and oxygen atoms in total. The second kappa shape index (κ2) is 8.79. The molecule has 82 valence electrons. The fraction of sp³-hybridized carbons (Fsp3) is 0.750. The van der Waals surface area contributed by atoms with E-state index >= 15 is 0 Å². The molecule has 0 aliphatic heterocycles. The van der Waals surface area contributed by atoms with Crippen LogP contribution in [0.1, 0.15) is 46.0 Å². The molecule has 0 heterocycles. The molecule has 14 heavy (non-hydrogen) atoms. The standard InChI is InChI=1S/C12H22O2/c1-11(2)9-7-5-4-6-8-10-12(13)14-3/h4,6,11H,5,7-10H2,1-3H3. The molecule has 0 fully saturated rings. The second-order valence-electron chi connectivity index (χ2n) is 3.91. The van der Waals surface area contributed by atoms with E-state index in [1.54, 1.807) is 0 Å². The Balaban J connectivity index is 3.24. The van der Waals surface area contributed by atoms with Crippen LogP contribution < -0.4 is 0 Å².